The number of amides is 1. The first-order chi connectivity index (χ1) is 15.7. The number of piperidine rings is 1. The molecule has 2 aromatic rings. The minimum atomic E-state index is -3.83. The Kier molecular flexibility index (Phi) is 8.20. The number of nitrogens with zero attached hydrogens (tertiary/aromatic N) is 2. The van der Waals surface area contributed by atoms with E-state index in [1.54, 1.807) is 12.1 Å². The maximum atomic E-state index is 12.9. The summed E-state index contributed by atoms with van der Waals surface area (Å²) in [5.74, 6) is -0.936. The Bertz CT molecular complexity index is 1220. The predicted octanol–water partition coefficient (Wildman–Crippen LogP) is 1.19. The maximum Gasteiger partial charge on any atom is 0.244 e. The summed E-state index contributed by atoms with van der Waals surface area (Å²) in [5, 5.41) is 11.8. The van der Waals surface area contributed by atoms with E-state index < -0.39 is 26.0 Å². The van der Waals surface area contributed by atoms with E-state index in [2.05, 4.69) is 10.0 Å². The summed E-state index contributed by atoms with van der Waals surface area (Å²) < 4.78 is 53.9. The molecule has 1 aliphatic heterocycles. The first kappa shape index (κ1) is 24.9. The molecule has 33 heavy (non-hydrogen) atoms. The van der Waals surface area contributed by atoms with Gasteiger partial charge in [0.15, 0.2) is 0 Å². The van der Waals surface area contributed by atoms with Gasteiger partial charge in [0.1, 0.15) is 6.07 Å². The van der Waals surface area contributed by atoms with Gasteiger partial charge in [-0.05, 0) is 30.5 Å². The third-order valence-corrected chi connectivity index (χ3v) is 8.74. The molecule has 0 atom stereocenters. The van der Waals surface area contributed by atoms with Crippen molar-refractivity contribution in [1.82, 2.24) is 14.3 Å². The first-order valence-electron chi connectivity index (χ1n) is 10.5. The van der Waals surface area contributed by atoms with Gasteiger partial charge in [0.05, 0.1) is 16.2 Å². The minimum absolute atomic E-state index is 0.0307. The monoisotopic (exact) mass is 490 g/mol. The molecule has 0 unspecified atom stereocenters. The summed E-state index contributed by atoms with van der Waals surface area (Å²) in [6.07, 6.45) is 0.636. The van der Waals surface area contributed by atoms with Gasteiger partial charge in [-0.3, -0.25) is 4.79 Å². The second-order valence-corrected chi connectivity index (χ2v) is 11.5. The summed E-state index contributed by atoms with van der Waals surface area (Å²) >= 11 is 0. The molecule has 0 aromatic heterocycles. The Balaban J connectivity index is 1.46. The molecule has 0 aliphatic carbocycles. The highest BCUT2D eigenvalue weighted by Gasteiger charge is 2.33. The lowest BCUT2D eigenvalue weighted by molar-refractivity contribution is -0.125. The van der Waals surface area contributed by atoms with E-state index in [-0.39, 0.29) is 48.3 Å². The highest BCUT2D eigenvalue weighted by molar-refractivity contribution is 7.89. The van der Waals surface area contributed by atoms with E-state index in [9.17, 15) is 26.9 Å². The lowest BCUT2D eigenvalue weighted by Crippen LogP contribution is -2.44. The molecule has 2 N–H and O–H groups in total. The van der Waals surface area contributed by atoms with E-state index in [0.29, 0.717) is 12.8 Å². The average molecular weight is 491 g/mol. The maximum absolute atomic E-state index is 12.9. The number of carbonyl (C=O) groups excluding carboxylic acids is 1. The van der Waals surface area contributed by atoms with Crippen molar-refractivity contribution in [3.8, 4) is 6.07 Å². The quantitative estimate of drug-likeness (QED) is 0.542. The molecule has 1 heterocycles. The molecule has 11 heteroatoms. The van der Waals surface area contributed by atoms with E-state index >= 15 is 0 Å². The Labute approximate surface area is 194 Å². The summed E-state index contributed by atoms with van der Waals surface area (Å²) in [5.41, 5.74) is 0.920. The van der Waals surface area contributed by atoms with E-state index in [0.717, 1.165) is 5.56 Å². The van der Waals surface area contributed by atoms with Crippen LogP contribution in [0, 0.1) is 17.2 Å². The standard InChI is InChI=1S/C22H26N4O5S2/c23-16-20-8-4-5-9-21(20)33(30,31)26-13-10-19(11-14-26)22(27)24-12-15-32(28,29)25-17-18-6-2-1-3-7-18/h1-9,19,25H,10-15,17H2,(H,24,27). The second kappa shape index (κ2) is 10.9. The largest absolute Gasteiger partial charge is 0.355 e. The zero-order chi connectivity index (χ0) is 23.9. The lowest BCUT2D eigenvalue weighted by atomic mass is 9.97. The number of sulfonamides is 2. The Hall–Kier alpha value is -2.78. The average Bonchev–Trinajstić information content (AvgIpc) is 2.83. The number of benzene rings is 2. The van der Waals surface area contributed by atoms with Gasteiger partial charge in [-0.15, -0.1) is 0 Å². The van der Waals surface area contributed by atoms with Crippen LogP contribution < -0.4 is 10.0 Å². The molecule has 1 saturated heterocycles. The van der Waals surface area contributed by atoms with E-state index in [1.807, 2.05) is 36.4 Å². The fraction of sp³-hybridized carbons (Fsp3) is 0.364. The Morgan fingerprint density at radius 2 is 1.64 bits per heavy atom. The summed E-state index contributed by atoms with van der Waals surface area (Å²) in [7, 11) is -7.38. The molecule has 2 aromatic carbocycles. The number of hydrogen-bond donors (Lipinski definition) is 2. The van der Waals surface area contributed by atoms with Gasteiger partial charge >= 0.3 is 0 Å². The lowest BCUT2D eigenvalue weighted by Gasteiger charge is -2.30. The van der Waals surface area contributed by atoms with Crippen molar-refractivity contribution in [2.24, 2.45) is 5.92 Å². The van der Waals surface area contributed by atoms with Crippen LogP contribution >= 0.6 is 0 Å². The molecule has 1 amide bonds. The Morgan fingerprint density at radius 3 is 2.30 bits per heavy atom. The van der Waals surface area contributed by atoms with Gasteiger partial charge in [-0.1, -0.05) is 42.5 Å². The number of rotatable bonds is 9. The predicted molar refractivity (Wildman–Crippen MR) is 123 cm³/mol. The summed E-state index contributed by atoms with van der Waals surface area (Å²) in [4.78, 5) is 12.4. The Morgan fingerprint density at radius 1 is 1.00 bits per heavy atom. The van der Waals surface area contributed by atoms with Crippen molar-refractivity contribution in [2.75, 3.05) is 25.4 Å². The number of nitriles is 1. The molecular weight excluding hydrogens is 464 g/mol. The van der Waals surface area contributed by atoms with Crippen molar-refractivity contribution in [3.05, 3.63) is 65.7 Å². The smallest absolute Gasteiger partial charge is 0.244 e. The van der Waals surface area contributed by atoms with Gasteiger partial charge in [0, 0.05) is 32.1 Å². The third kappa shape index (κ3) is 6.61. The molecule has 0 saturated carbocycles. The highest BCUT2D eigenvalue weighted by Crippen LogP contribution is 2.25. The van der Waals surface area contributed by atoms with Gasteiger partial charge in [-0.2, -0.15) is 9.57 Å². The van der Waals surface area contributed by atoms with Crippen LogP contribution in [0.5, 0.6) is 0 Å². The van der Waals surface area contributed by atoms with E-state index in [4.69, 9.17) is 0 Å². The molecule has 0 spiro atoms. The SMILES string of the molecule is N#Cc1ccccc1S(=O)(=O)N1CCC(C(=O)NCCS(=O)(=O)NCc2ccccc2)CC1. The van der Waals surface area contributed by atoms with Gasteiger partial charge in [0.25, 0.3) is 0 Å². The van der Waals surface area contributed by atoms with Crippen LogP contribution in [-0.4, -0.2) is 52.4 Å². The zero-order valence-electron chi connectivity index (χ0n) is 18.0. The van der Waals surface area contributed by atoms with Crippen molar-refractivity contribution in [3.63, 3.8) is 0 Å². The van der Waals surface area contributed by atoms with E-state index in [1.165, 1.54) is 16.4 Å². The summed E-state index contributed by atoms with van der Waals surface area (Å²) in [6.45, 7) is 0.449. The van der Waals surface area contributed by atoms with Crippen LogP contribution in [0.15, 0.2) is 59.5 Å². The first-order valence-corrected chi connectivity index (χ1v) is 13.6. The van der Waals surface area contributed by atoms with Crippen LogP contribution in [0.1, 0.15) is 24.0 Å². The molecule has 0 bridgehead atoms. The second-order valence-electron chi connectivity index (χ2n) is 7.70. The van der Waals surface area contributed by atoms with Gasteiger partial charge < -0.3 is 5.32 Å². The van der Waals surface area contributed by atoms with Crippen LogP contribution in [-0.2, 0) is 31.4 Å². The fourth-order valence-electron chi connectivity index (χ4n) is 3.60. The molecule has 1 aliphatic rings. The normalized spacial score (nSPS) is 15.6. The molecular formula is C22H26N4O5S2. The molecule has 176 valence electrons. The van der Waals surface area contributed by atoms with Crippen molar-refractivity contribution < 1.29 is 21.6 Å². The number of carbonyl (C=O) groups is 1. The van der Waals surface area contributed by atoms with Crippen LogP contribution in [0.2, 0.25) is 0 Å². The summed E-state index contributed by atoms with van der Waals surface area (Å²) in [6, 6.07) is 17.0. The highest BCUT2D eigenvalue weighted by atomic mass is 32.2. The topological polar surface area (TPSA) is 136 Å². The van der Waals surface area contributed by atoms with Crippen molar-refractivity contribution in [2.45, 2.75) is 24.3 Å². The molecule has 1 fully saturated rings. The third-order valence-electron chi connectivity index (χ3n) is 5.46. The molecule has 3 rings (SSSR count). The zero-order valence-corrected chi connectivity index (χ0v) is 19.6. The van der Waals surface area contributed by atoms with Gasteiger partial charge in [0.2, 0.25) is 26.0 Å². The van der Waals surface area contributed by atoms with Crippen LogP contribution in [0.4, 0.5) is 0 Å². The fourth-order valence-corrected chi connectivity index (χ4v) is 6.11. The molecule has 0 radical (unpaired) electrons. The van der Waals surface area contributed by atoms with Crippen molar-refractivity contribution in [1.29, 1.82) is 5.26 Å². The number of nitrogens with one attached hydrogen (secondary N) is 2. The van der Waals surface area contributed by atoms with Crippen LogP contribution in [0.3, 0.4) is 0 Å². The van der Waals surface area contributed by atoms with Crippen molar-refractivity contribution >= 4 is 26.0 Å². The molecule has 9 nitrogen and oxygen atoms in total. The minimum Gasteiger partial charge on any atom is -0.355 e. The van der Waals surface area contributed by atoms with Gasteiger partial charge in [-0.25, -0.2) is 21.6 Å². The number of hydrogen-bond acceptors (Lipinski definition) is 6. The van der Waals surface area contributed by atoms with Crippen LogP contribution in [0.25, 0.3) is 0 Å².